The van der Waals surface area contributed by atoms with Gasteiger partial charge in [0.1, 0.15) is 29.8 Å². The first-order chi connectivity index (χ1) is 15.6. The maximum absolute atomic E-state index is 13.0. The van der Waals surface area contributed by atoms with Crippen LogP contribution >= 0.6 is 15.9 Å². The SMILES string of the molecule is CC(C)(C)NC(=O)OCc1cccc(Cn2cnc(OCc3ccc(F)cc3)c(Br)c2=O)c1. The molecule has 174 valence electrons. The highest BCUT2D eigenvalue weighted by Crippen LogP contribution is 2.19. The van der Waals surface area contributed by atoms with Gasteiger partial charge in [-0.3, -0.25) is 9.36 Å². The average Bonchev–Trinajstić information content (AvgIpc) is 2.75. The van der Waals surface area contributed by atoms with Gasteiger partial charge in [-0.05, 0) is 65.5 Å². The molecule has 0 radical (unpaired) electrons. The fraction of sp³-hybridized carbons (Fsp3) is 0.292. The minimum absolute atomic E-state index is 0.114. The summed E-state index contributed by atoms with van der Waals surface area (Å²) in [4.78, 5) is 28.8. The molecule has 9 heteroatoms. The predicted octanol–water partition coefficient (Wildman–Crippen LogP) is 4.80. The van der Waals surface area contributed by atoms with E-state index in [-0.39, 0.29) is 47.0 Å². The van der Waals surface area contributed by atoms with Crippen LogP contribution in [0.2, 0.25) is 0 Å². The van der Waals surface area contributed by atoms with Crippen LogP contribution in [-0.4, -0.2) is 21.2 Å². The molecule has 7 nitrogen and oxygen atoms in total. The summed E-state index contributed by atoms with van der Waals surface area (Å²) in [6.07, 6.45) is 0.918. The Bertz CT molecular complexity index is 1170. The van der Waals surface area contributed by atoms with Gasteiger partial charge in [0.05, 0.1) is 6.54 Å². The third-order valence-corrected chi connectivity index (χ3v) is 5.11. The zero-order valence-electron chi connectivity index (χ0n) is 18.6. The summed E-state index contributed by atoms with van der Waals surface area (Å²) in [5, 5.41) is 2.74. The number of nitrogens with zero attached hydrogens (tertiary/aromatic N) is 2. The van der Waals surface area contributed by atoms with Gasteiger partial charge in [-0.15, -0.1) is 0 Å². The molecule has 33 heavy (non-hydrogen) atoms. The first kappa shape index (κ1) is 24.4. The van der Waals surface area contributed by atoms with Gasteiger partial charge in [-0.2, -0.15) is 0 Å². The summed E-state index contributed by atoms with van der Waals surface area (Å²) in [6.45, 7) is 6.17. The first-order valence-electron chi connectivity index (χ1n) is 10.3. The molecule has 0 fully saturated rings. The molecule has 0 atom stereocenters. The predicted molar refractivity (Wildman–Crippen MR) is 126 cm³/mol. The standard InChI is InChI=1S/C24H25BrFN3O4/c1-24(2,3)28-23(31)33-14-18-6-4-5-17(11-18)12-29-15-27-21(20(25)22(29)30)32-13-16-7-9-19(26)10-8-16/h4-11,15H,12-14H2,1-3H3,(H,28,31). The topological polar surface area (TPSA) is 82.4 Å². The maximum atomic E-state index is 13.0. The van der Waals surface area contributed by atoms with E-state index in [9.17, 15) is 14.0 Å². The molecule has 2 aromatic carbocycles. The molecule has 0 bridgehead atoms. The lowest BCUT2D eigenvalue weighted by molar-refractivity contribution is 0.131. The Kier molecular flexibility index (Phi) is 7.86. The number of hydrogen-bond donors (Lipinski definition) is 1. The van der Waals surface area contributed by atoms with Crippen LogP contribution in [0.4, 0.5) is 9.18 Å². The maximum Gasteiger partial charge on any atom is 0.407 e. The Morgan fingerprint density at radius 3 is 2.48 bits per heavy atom. The van der Waals surface area contributed by atoms with Crippen molar-refractivity contribution in [3.63, 3.8) is 0 Å². The van der Waals surface area contributed by atoms with Gasteiger partial charge in [0, 0.05) is 5.54 Å². The van der Waals surface area contributed by atoms with Crippen molar-refractivity contribution in [3.05, 3.63) is 92.2 Å². The third kappa shape index (κ3) is 7.42. The second kappa shape index (κ2) is 10.6. The van der Waals surface area contributed by atoms with Crippen LogP contribution in [-0.2, 0) is 24.5 Å². The van der Waals surface area contributed by atoms with Crippen LogP contribution in [0.25, 0.3) is 0 Å². The lowest BCUT2D eigenvalue weighted by Crippen LogP contribution is -2.40. The van der Waals surface area contributed by atoms with Crippen LogP contribution < -0.4 is 15.6 Å². The van der Waals surface area contributed by atoms with Crippen molar-refractivity contribution in [1.82, 2.24) is 14.9 Å². The molecule has 1 aromatic heterocycles. The molecule has 0 aliphatic rings. The molecule has 1 N–H and O–H groups in total. The van der Waals surface area contributed by atoms with Crippen molar-refractivity contribution in [2.75, 3.05) is 0 Å². The van der Waals surface area contributed by atoms with E-state index in [1.54, 1.807) is 12.1 Å². The molecule has 3 aromatic rings. The van der Waals surface area contributed by atoms with Crippen molar-refractivity contribution in [2.24, 2.45) is 0 Å². The fourth-order valence-electron chi connectivity index (χ4n) is 2.90. The Balaban J connectivity index is 1.64. The largest absolute Gasteiger partial charge is 0.472 e. The number of hydrogen-bond acceptors (Lipinski definition) is 5. The molecule has 3 rings (SSSR count). The van der Waals surface area contributed by atoms with E-state index >= 15 is 0 Å². The molecule has 0 saturated heterocycles. The molecule has 0 aliphatic carbocycles. The van der Waals surface area contributed by atoms with Gasteiger partial charge in [0.25, 0.3) is 5.56 Å². The number of amides is 1. The second-order valence-corrected chi connectivity index (χ2v) is 9.28. The molecule has 1 heterocycles. The second-order valence-electron chi connectivity index (χ2n) is 8.48. The number of ether oxygens (including phenoxy) is 2. The van der Waals surface area contributed by atoms with Crippen LogP contribution in [0, 0.1) is 5.82 Å². The van der Waals surface area contributed by atoms with Crippen LogP contribution in [0.3, 0.4) is 0 Å². The van der Waals surface area contributed by atoms with Gasteiger partial charge in [0.15, 0.2) is 0 Å². The normalized spacial score (nSPS) is 11.2. The number of halogens is 2. The summed E-state index contributed by atoms with van der Waals surface area (Å²) in [6, 6.07) is 13.3. The zero-order valence-corrected chi connectivity index (χ0v) is 20.2. The Labute approximate surface area is 199 Å². The van der Waals surface area contributed by atoms with E-state index in [0.29, 0.717) is 0 Å². The van der Waals surface area contributed by atoms with E-state index < -0.39 is 6.09 Å². The van der Waals surface area contributed by atoms with Crippen LogP contribution in [0.5, 0.6) is 5.88 Å². The monoisotopic (exact) mass is 517 g/mol. The van der Waals surface area contributed by atoms with Crippen molar-refractivity contribution in [3.8, 4) is 5.88 Å². The number of aromatic nitrogens is 2. The van der Waals surface area contributed by atoms with Crippen molar-refractivity contribution in [2.45, 2.75) is 46.1 Å². The van der Waals surface area contributed by atoms with Gasteiger partial charge in [0.2, 0.25) is 5.88 Å². The summed E-state index contributed by atoms with van der Waals surface area (Å²) in [5.74, 6) is -0.169. The molecule has 0 unspecified atom stereocenters. The highest BCUT2D eigenvalue weighted by atomic mass is 79.9. The minimum Gasteiger partial charge on any atom is -0.472 e. The van der Waals surface area contributed by atoms with Gasteiger partial charge in [-0.1, -0.05) is 36.4 Å². The number of benzene rings is 2. The highest BCUT2D eigenvalue weighted by molar-refractivity contribution is 9.10. The van der Waals surface area contributed by atoms with E-state index in [2.05, 4.69) is 26.2 Å². The number of alkyl carbamates (subject to hydrolysis) is 1. The Morgan fingerprint density at radius 1 is 1.09 bits per heavy atom. The number of carbonyl (C=O) groups is 1. The summed E-state index contributed by atoms with van der Waals surface area (Å²) < 4.78 is 25.5. The summed E-state index contributed by atoms with van der Waals surface area (Å²) >= 11 is 3.26. The van der Waals surface area contributed by atoms with E-state index in [1.807, 2.05) is 45.0 Å². The van der Waals surface area contributed by atoms with Crippen molar-refractivity contribution >= 4 is 22.0 Å². The van der Waals surface area contributed by atoms with Crippen molar-refractivity contribution in [1.29, 1.82) is 0 Å². The van der Waals surface area contributed by atoms with Crippen molar-refractivity contribution < 1.29 is 18.7 Å². The minimum atomic E-state index is -0.492. The van der Waals surface area contributed by atoms with E-state index in [1.165, 1.54) is 23.0 Å². The Hall–Kier alpha value is -3.20. The van der Waals surface area contributed by atoms with Gasteiger partial charge in [-0.25, -0.2) is 14.2 Å². The summed E-state index contributed by atoms with van der Waals surface area (Å²) in [7, 11) is 0. The van der Waals surface area contributed by atoms with E-state index in [0.717, 1.165) is 16.7 Å². The van der Waals surface area contributed by atoms with Crippen LogP contribution in [0.1, 0.15) is 37.5 Å². The summed E-state index contributed by atoms with van der Waals surface area (Å²) in [5.41, 5.74) is 1.73. The third-order valence-electron chi connectivity index (χ3n) is 4.43. The fourth-order valence-corrected chi connectivity index (χ4v) is 3.34. The molecule has 0 spiro atoms. The number of rotatable bonds is 7. The van der Waals surface area contributed by atoms with Gasteiger partial charge >= 0.3 is 6.09 Å². The lowest BCUT2D eigenvalue weighted by atomic mass is 10.1. The zero-order chi connectivity index (χ0) is 24.0. The quantitative estimate of drug-likeness (QED) is 0.486. The molecular weight excluding hydrogens is 493 g/mol. The van der Waals surface area contributed by atoms with E-state index in [4.69, 9.17) is 9.47 Å². The van der Waals surface area contributed by atoms with Gasteiger partial charge < -0.3 is 14.8 Å². The Morgan fingerprint density at radius 2 is 1.79 bits per heavy atom. The molecule has 0 aliphatic heterocycles. The molecule has 1 amide bonds. The van der Waals surface area contributed by atoms with Crippen LogP contribution in [0.15, 0.2) is 64.1 Å². The molecule has 0 saturated carbocycles. The number of nitrogens with one attached hydrogen (secondary N) is 1. The first-order valence-corrected chi connectivity index (χ1v) is 11.0. The average molecular weight is 518 g/mol. The lowest BCUT2D eigenvalue weighted by Gasteiger charge is -2.20. The molecular formula is C24H25BrFN3O4. The highest BCUT2D eigenvalue weighted by Gasteiger charge is 2.15. The number of carbonyl (C=O) groups excluding carboxylic acids is 1. The smallest absolute Gasteiger partial charge is 0.407 e.